The average molecular weight is 300 g/mol. The fraction of sp³-hybridized carbons (Fsp3) is 0.0952. The van der Waals surface area contributed by atoms with Crippen LogP contribution in [0.4, 0.5) is 0 Å². The molecule has 0 amide bonds. The second kappa shape index (κ2) is 5.40. The second-order valence-electron chi connectivity index (χ2n) is 5.74. The number of ether oxygens (including phenoxy) is 1. The number of hydrogen-bond donors (Lipinski definition) is 0. The van der Waals surface area contributed by atoms with Crippen molar-refractivity contribution in [3.63, 3.8) is 0 Å². The summed E-state index contributed by atoms with van der Waals surface area (Å²) in [5.41, 5.74) is 1.07. The molecule has 0 saturated heterocycles. The zero-order valence-corrected chi connectivity index (χ0v) is 12.9. The smallest absolute Gasteiger partial charge is 0.302 e. The van der Waals surface area contributed by atoms with Crippen molar-refractivity contribution in [2.24, 2.45) is 0 Å². The van der Waals surface area contributed by atoms with Crippen LogP contribution in [0.2, 0.25) is 0 Å². The Balaban J connectivity index is 2.15. The molecule has 0 atom stereocenters. The summed E-state index contributed by atoms with van der Waals surface area (Å²) in [5, 5.41) is 7.03. The van der Waals surface area contributed by atoms with Crippen molar-refractivity contribution in [2.45, 2.75) is 13.5 Å². The number of esters is 1. The van der Waals surface area contributed by atoms with Gasteiger partial charge in [-0.1, -0.05) is 60.7 Å². The van der Waals surface area contributed by atoms with Crippen LogP contribution in [0.25, 0.3) is 32.3 Å². The van der Waals surface area contributed by atoms with E-state index in [-0.39, 0.29) is 5.97 Å². The fourth-order valence-electron chi connectivity index (χ4n) is 3.27. The molecule has 0 aromatic heterocycles. The zero-order valence-electron chi connectivity index (χ0n) is 12.9. The molecular weight excluding hydrogens is 284 g/mol. The number of carbonyl (C=O) groups excluding carboxylic acids is 1. The van der Waals surface area contributed by atoms with E-state index in [0.29, 0.717) is 6.61 Å². The topological polar surface area (TPSA) is 26.3 Å². The molecule has 23 heavy (non-hydrogen) atoms. The molecule has 2 heteroatoms. The predicted octanol–water partition coefficient (Wildman–Crippen LogP) is 5.21. The van der Waals surface area contributed by atoms with Crippen molar-refractivity contribution >= 4 is 38.3 Å². The van der Waals surface area contributed by atoms with E-state index >= 15 is 0 Å². The molecule has 4 rings (SSSR count). The highest BCUT2D eigenvalue weighted by molar-refractivity contribution is 6.14. The van der Waals surface area contributed by atoms with E-state index < -0.39 is 0 Å². The van der Waals surface area contributed by atoms with E-state index in [2.05, 4.69) is 42.5 Å². The minimum absolute atomic E-state index is 0.258. The zero-order chi connectivity index (χ0) is 15.8. The third-order valence-electron chi connectivity index (χ3n) is 4.28. The van der Waals surface area contributed by atoms with Crippen molar-refractivity contribution in [3.8, 4) is 0 Å². The van der Waals surface area contributed by atoms with Gasteiger partial charge in [-0.15, -0.1) is 0 Å². The standard InChI is InChI=1S/C21H16O2/c1-14(22)23-13-20-18-8-4-3-7-16(18)12-17-11-10-15-6-2-5-9-19(15)21(17)20/h2-12H,13H2,1H3. The van der Waals surface area contributed by atoms with Gasteiger partial charge < -0.3 is 4.74 Å². The normalized spacial score (nSPS) is 11.2. The Labute approximate surface area is 134 Å². The van der Waals surface area contributed by atoms with E-state index in [1.807, 2.05) is 24.3 Å². The summed E-state index contributed by atoms with van der Waals surface area (Å²) in [6, 6.07) is 23.1. The van der Waals surface area contributed by atoms with Crippen LogP contribution in [0.15, 0.2) is 66.7 Å². The van der Waals surface area contributed by atoms with Gasteiger partial charge in [-0.05, 0) is 38.4 Å². The summed E-state index contributed by atoms with van der Waals surface area (Å²) in [4.78, 5) is 11.3. The van der Waals surface area contributed by atoms with Gasteiger partial charge in [0.1, 0.15) is 6.61 Å². The Hall–Kier alpha value is -2.87. The Kier molecular flexibility index (Phi) is 3.23. The van der Waals surface area contributed by atoms with Crippen LogP contribution < -0.4 is 0 Å². The van der Waals surface area contributed by atoms with Crippen LogP contribution in [-0.4, -0.2) is 5.97 Å². The van der Waals surface area contributed by atoms with Gasteiger partial charge in [0.25, 0.3) is 0 Å². The first-order chi connectivity index (χ1) is 11.2. The molecule has 0 spiro atoms. The van der Waals surface area contributed by atoms with Crippen LogP contribution in [0.3, 0.4) is 0 Å². The van der Waals surface area contributed by atoms with Crippen LogP contribution in [0, 0.1) is 0 Å². The van der Waals surface area contributed by atoms with Gasteiger partial charge >= 0.3 is 5.97 Å². The number of carbonyl (C=O) groups is 1. The molecule has 0 unspecified atom stereocenters. The number of rotatable bonds is 2. The SMILES string of the molecule is CC(=O)OCc1c2ccccc2cc2ccc3ccccc3c12. The summed E-state index contributed by atoms with van der Waals surface area (Å²) in [6.45, 7) is 1.74. The van der Waals surface area contributed by atoms with Crippen molar-refractivity contribution < 1.29 is 9.53 Å². The number of hydrogen-bond acceptors (Lipinski definition) is 2. The van der Waals surface area contributed by atoms with Crippen LogP contribution in [0.1, 0.15) is 12.5 Å². The lowest BCUT2D eigenvalue weighted by Crippen LogP contribution is -2.00. The van der Waals surface area contributed by atoms with Gasteiger partial charge in [0, 0.05) is 12.5 Å². The van der Waals surface area contributed by atoms with Gasteiger partial charge in [-0.2, -0.15) is 0 Å². The largest absolute Gasteiger partial charge is 0.461 e. The maximum Gasteiger partial charge on any atom is 0.302 e. The van der Waals surface area contributed by atoms with Gasteiger partial charge in [-0.25, -0.2) is 0 Å². The van der Waals surface area contributed by atoms with Crippen LogP contribution >= 0.6 is 0 Å². The lowest BCUT2D eigenvalue weighted by atomic mass is 9.93. The summed E-state index contributed by atoms with van der Waals surface area (Å²) in [5.74, 6) is -0.258. The average Bonchev–Trinajstić information content (AvgIpc) is 2.58. The number of benzene rings is 4. The van der Waals surface area contributed by atoms with Crippen LogP contribution in [0.5, 0.6) is 0 Å². The van der Waals surface area contributed by atoms with Gasteiger partial charge in [0.05, 0.1) is 0 Å². The van der Waals surface area contributed by atoms with E-state index in [0.717, 1.165) is 16.3 Å². The predicted molar refractivity (Wildman–Crippen MR) is 94.4 cm³/mol. The molecule has 0 aliphatic carbocycles. The molecule has 0 heterocycles. The molecule has 0 N–H and O–H groups in total. The van der Waals surface area contributed by atoms with Crippen LogP contribution in [-0.2, 0) is 16.1 Å². The summed E-state index contributed by atoms with van der Waals surface area (Å²) in [7, 11) is 0. The quantitative estimate of drug-likeness (QED) is 0.288. The van der Waals surface area contributed by atoms with Gasteiger partial charge in [0.2, 0.25) is 0 Å². The highest BCUT2D eigenvalue weighted by Gasteiger charge is 2.11. The van der Waals surface area contributed by atoms with Gasteiger partial charge in [0.15, 0.2) is 0 Å². The minimum atomic E-state index is -0.258. The lowest BCUT2D eigenvalue weighted by Gasteiger charge is -2.14. The Morgan fingerprint density at radius 3 is 2.26 bits per heavy atom. The summed E-state index contributed by atoms with van der Waals surface area (Å²) < 4.78 is 5.35. The highest BCUT2D eigenvalue weighted by Crippen LogP contribution is 2.34. The molecular formula is C21H16O2. The molecule has 0 fully saturated rings. The van der Waals surface area contributed by atoms with E-state index in [9.17, 15) is 4.79 Å². The lowest BCUT2D eigenvalue weighted by molar-refractivity contribution is -0.142. The first kappa shape index (κ1) is 13.8. The maximum absolute atomic E-state index is 11.3. The van der Waals surface area contributed by atoms with E-state index in [1.165, 1.54) is 28.5 Å². The molecule has 0 radical (unpaired) electrons. The van der Waals surface area contributed by atoms with Gasteiger partial charge in [-0.3, -0.25) is 4.79 Å². The van der Waals surface area contributed by atoms with Crippen molar-refractivity contribution in [3.05, 3.63) is 72.3 Å². The van der Waals surface area contributed by atoms with E-state index in [1.54, 1.807) is 0 Å². The highest BCUT2D eigenvalue weighted by atomic mass is 16.5. The number of fused-ring (bicyclic) bond motifs is 4. The van der Waals surface area contributed by atoms with Crippen molar-refractivity contribution in [2.75, 3.05) is 0 Å². The first-order valence-electron chi connectivity index (χ1n) is 7.69. The Bertz CT molecular complexity index is 1050. The molecule has 112 valence electrons. The van der Waals surface area contributed by atoms with E-state index in [4.69, 9.17) is 4.74 Å². The Morgan fingerprint density at radius 2 is 1.48 bits per heavy atom. The molecule has 4 aromatic rings. The third-order valence-corrected chi connectivity index (χ3v) is 4.28. The molecule has 2 nitrogen and oxygen atoms in total. The van der Waals surface area contributed by atoms with Crippen molar-refractivity contribution in [1.82, 2.24) is 0 Å². The maximum atomic E-state index is 11.3. The second-order valence-corrected chi connectivity index (χ2v) is 5.74. The third kappa shape index (κ3) is 2.33. The summed E-state index contributed by atoms with van der Waals surface area (Å²) >= 11 is 0. The fourth-order valence-corrected chi connectivity index (χ4v) is 3.27. The molecule has 4 aromatic carbocycles. The Morgan fingerprint density at radius 1 is 0.826 bits per heavy atom. The molecule has 0 aliphatic rings. The molecule has 0 aliphatic heterocycles. The first-order valence-corrected chi connectivity index (χ1v) is 7.69. The molecule has 0 saturated carbocycles. The monoisotopic (exact) mass is 300 g/mol. The van der Waals surface area contributed by atoms with Crippen molar-refractivity contribution in [1.29, 1.82) is 0 Å². The minimum Gasteiger partial charge on any atom is -0.461 e. The summed E-state index contributed by atoms with van der Waals surface area (Å²) in [6.07, 6.45) is 0. The molecule has 0 bridgehead atoms.